The van der Waals surface area contributed by atoms with Crippen LogP contribution in [0.25, 0.3) is 0 Å². The number of anilines is 1. The summed E-state index contributed by atoms with van der Waals surface area (Å²) in [6, 6.07) is 7.55. The maximum absolute atomic E-state index is 13.6. The quantitative estimate of drug-likeness (QED) is 0.856. The molecule has 4 heteroatoms. The highest BCUT2D eigenvalue weighted by atomic mass is 19.1. The second-order valence-electron chi connectivity index (χ2n) is 4.52. The maximum atomic E-state index is 13.6. The van der Waals surface area contributed by atoms with Crippen LogP contribution in [0, 0.1) is 24.4 Å². The van der Waals surface area contributed by atoms with Crippen LogP contribution < -0.4 is 5.32 Å². The van der Waals surface area contributed by atoms with Crippen molar-refractivity contribution in [2.75, 3.05) is 5.32 Å². The van der Waals surface area contributed by atoms with Crippen LogP contribution in [-0.2, 0) is 0 Å². The van der Waals surface area contributed by atoms with Crippen LogP contribution in [0.3, 0.4) is 0 Å². The van der Waals surface area contributed by atoms with Crippen molar-refractivity contribution in [2.24, 2.45) is 0 Å². The molecular weight excluding hydrogens is 251 g/mol. The fourth-order valence-corrected chi connectivity index (χ4v) is 1.91. The average Bonchev–Trinajstić information content (AvgIpc) is 2.33. The number of nitrogens with one attached hydrogen (secondary N) is 1. The molecule has 0 aromatic heterocycles. The Hall–Kier alpha value is -1.97. The molecule has 0 saturated carbocycles. The summed E-state index contributed by atoms with van der Waals surface area (Å²) in [6.07, 6.45) is 0. The number of halogens is 3. The lowest BCUT2D eigenvalue weighted by atomic mass is 10.1. The molecule has 0 fully saturated rings. The largest absolute Gasteiger partial charge is 0.376 e. The third-order valence-corrected chi connectivity index (χ3v) is 2.92. The van der Waals surface area contributed by atoms with E-state index in [1.165, 1.54) is 18.2 Å². The van der Waals surface area contributed by atoms with Gasteiger partial charge in [0.25, 0.3) is 0 Å². The maximum Gasteiger partial charge on any atom is 0.146 e. The molecule has 100 valence electrons. The minimum absolute atomic E-state index is 0.294. The van der Waals surface area contributed by atoms with E-state index < -0.39 is 23.5 Å². The van der Waals surface area contributed by atoms with Gasteiger partial charge in [-0.15, -0.1) is 0 Å². The molecule has 2 aromatic rings. The summed E-state index contributed by atoms with van der Waals surface area (Å²) in [5.74, 6) is -1.68. The molecule has 19 heavy (non-hydrogen) atoms. The van der Waals surface area contributed by atoms with Crippen LogP contribution in [0.1, 0.15) is 24.1 Å². The van der Waals surface area contributed by atoms with Gasteiger partial charge in [-0.05, 0) is 37.6 Å². The van der Waals surface area contributed by atoms with Gasteiger partial charge in [-0.2, -0.15) is 0 Å². The van der Waals surface area contributed by atoms with Crippen LogP contribution >= 0.6 is 0 Å². The third kappa shape index (κ3) is 3.08. The molecule has 0 heterocycles. The van der Waals surface area contributed by atoms with E-state index in [-0.39, 0.29) is 0 Å². The fourth-order valence-electron chi connectivity index (χ4n) is 1.91. The first kappa shape index (κ1) is 13.5. The van der Waals surface area contributed by atoms with E-state index >= 15 is 0 Å². The SMILES string of the molecule is Cc1ccc(F)c(NC(C)c2ccc(F)cc2F)c1. The number of aryl methyl sites for hydroxylation is 1. The molecule has 0 aliphatic carbocycles. The number of rotatable bonds is 3. The Morgan fingerprint density at radius 1 is 0.947 bits per heavy atom. The zero-order valence-electron chi connectivity index (χ0n) is 10.7. The average molecular weight is 265 g/mol. The Labute approximate surface area is 110 Å². The third-order valence-electron chi connectivity index (χ3n) is 2.92. The molecule has 1 atom stereocenters. The molecule has 0 amide bonds. The van der Waals surface area contributed by atoms with E-state index in [1.54, 1.807) is 19.1 Å². The summed E-state index contributed by atoms with van der Waals surface area (Å²) >= 11 is 0. The Morgan fingerprint density at radius 2 is 1.68 bits per heavy atom. The first-order chi connectivity index (χ1) is 8.97. The van der Waals surface area contributed by atoms with E-state index in [1.807, 2.05) is 6.92 Å². The van der Waals surface area contributed by atoms with Crippen LogP contribution in [0.4, 0.5) is 18.9 Å². The highest BCUT2D eigenvalue weighted by Crippen LogP contribution is 2.24. The van der Waals surface area contributed by atoms with Crippen molar-refractivity contribution in [1.82, 2.24) is 0 Å². The Balaban J connectivity index is 2.25. The molecule has 0 saturated heterocycles. The van der Waals surface area contributed by atoms with Gasteiger partial charge in [0.15, 0.2) is 0 Å². The fraction of sp³-hybridized carbons (Fsp3) is 0.200. The van der Waals surface area contributed by atoms with Gasteiger partial charge >= 0.3 is 0 Å². The van der Waals surface area contributed by atoms with E-state index in [2.05, 4.69) is 5.32 Å². The predicted octanol–water partition coefficient (Wildman–Crippen LogP) is 4.59. The van der Waals surface area contributed by atoms with E-state index in [0.29, 0.717) is 11.3 Å². The van der Waals surface area contributed by atoms with Gasteiger partial charge in [-0.25, -0.2) is 13.2 Å². The molecular formula is C15H14F3N. The molecule has 1 N–H and O–H groups in total. The van der Waals surface area contributed by atoms with Crippen molar-refractivity contribution in [3.8, 4) is 0 Å². The minimum Gasteiger partial charge on any atom is -0.376 e. The summed E-state index contributed by atoms with van der Waals surface area (Å²) in [6.45, 7) is 3.53. The number of benzene rings is 2. The Kier molecular flexibility index (Phi) is 3.79. The van der Waals surface area contributed by atoms with Gasteiger partial charge in [-0.1, -0.05) is 12.1 Å². The normalized spacial score (nSPS) is 12.3. The second-order valence-corrected chi connectivity index (χ2v) is 4.52. The smallest absolute Gasteiger partial charge is 0.146 e. The summed E-state index contributed by atoms with van der Waals surface area (Å²) < 4.78 is 40.0. The molecule has 0 bridgehead atoms. The molecule has 0 radical (unpaired) electrons. The number of hydrogen-bond donors (Lipinski definition) is 1. The molecule has 1 unspecified atom stereocenters. The summed E-state index contributed by atoms with van der Waals surface area (Å²) in [4.78, 5) is 0. The van der Waals surface area contributed by atoms with Crippen LogP contribution in [-0.4, -0.2) is 0 Å². The summed E-state index contributed by atoms with van der Waals surface area (Å²) in [5.41, 5.74) is 1.49. The highest BCUT2D eigenvalue weighted by Gasteiger charge is 2.13. The molecule has 0 aliphatic heterocycles. The van der Waals surface area contributed by atoms with Gasteiger partial charge < -0.3 is 5.32 Å². The first-order valence-electron chi connectivity index (χ1n) is 5.95. The molecule has 1 nitrogen and oxygen atoms in total. The lowest BCUT2D eigenvalue weighted by Gasteiger charge is -2.17. The van der Waals surface area contributed by atoms with Crippen molar-refractivity contribution >= 4 is 5.69 Å². The van der Waals surface area contributed by atoms with Crippen molar-refractivity contribution in [3.63, 3.8) is 0 Å². The van der Waals surface area contributed by atoms with Crippen LogP contribution in [0.5, 0.6) is 0 Å². The number of hydrogen-bond acceptors (Lipinski definition) is 1. The second kappa shape index (κ2) is 5.34. The minimum atomic E-state index is -0.645. The first-order valence-corrected chi connectivity index (χ1v) is 5.95. The zero-order valence-corrected chi connectivity index (χ0v) is 10.7. The topological polar surface area (TPSA) is 12.0 Å². The van der Waals surface area contributed by atoms with Crippen LogP contribution in [0.15, 0.2) is 36.4 Å². The lowest BCUT2D eigenvalue weighted by Crippen LogP contribution is -2.10. The highest BCUT2D eigenvalue weighted by molar-refractivity contribution is 5.49. The van der Waals surface area contributed by atoms with Crippen molar-refractivity contribution < 1.29 is 13.2 Å². The van der Waals surface area contributed by atoms with E-state index in [9.17, 15) is 13.2 Å². The monoisotopic (exact) mass is 265 g/mol. The van der Waals surface area contributed by atoms with Crippen LogP contribution in [0.2, 0.25) is 0 Å². The molecule has 2 rings (SSSR count). The predicted molar refractivity (Wildman–Crippen MR) is 69.5 cm³/mol. The molecule has 0 spiro atoms. The van der Waals surface area contributed by atoms with E-state index in [4.69, 9.17) is 0 Å². The van der Waals surface area contributed by atoms with Gasteiger partial charge in [-0.3, -0.25) is 0 Å². The van der Waals surface area contributed by atoms with Crippen molar-refractivity contribution in [3.05, 3.63) is 65.0 Å². The summed E-state index contributed by atoms with van der Waals surface area (Å²) in [7, 11) is 0. The Morgan fingerprint density at radius 3 is 2.37 bits per heavy atom. The van der Waals surface area contributed by atoms with Gasteiger partial charge in [0.2, 0.25) is 0 Å². The zero-order chi connectivity index (χ0) is 14.0. The Bertz CT molecular complexity index is 596. The molecule has 2 aromatic carbocycles. The van der Waals surface area contributed by atoms with Gasteiger partial charge in [0.05, 0.1) is 11.7 Å². The molecule has 0 aliphatic rings. The standard InChI is InChI=1S/C15H14F3N/c1-9-3-6-13(17)15(7-9)19-10(2)12-5-4-11(16)8-14(12)18/h3-8,10,19H,1-2H3. The van der Waals surface area contributed by atoms with E-state index in [0.717, 1.165) is 11.6 Å². The van der Waals surface area contributed by atoms with Crippen molar-refractivity contribution in [1.29, 1.82) is 0 Å². The summed E-state index contributed by atoms with van der Waals surface area (Å²) in [5, 5.41) is 2.89. The van der Waals surface area contributed by atoms with Gasteiger partial charge in [0.1, 0.15) is 17.5 Å². The van der Waals surface area contributed by atoms with Crippen molar-refractivity contribution in [2.45, 2.75) is 19.9 Å². The van der Waals surface area contributed by atoms with Gasteiger partial charge in [0, 0.05) is 11.6 Å². The lowest BCUT2D eigenvalue weighted by molar-refractivity contribution is 0.565.